The first-order valence-electron chi connectivity index (χ1n) is 3.10. The lowest BCUT2D eigenvalue weighted by molar-refractivity contribution is 0.557. The van der Waals surface area contributed by atoms with Gasteiger partial charge in [-0.15, -0.1) is 0 Å². The van der Waals surface area contributed by atoms with E-state index in [1.54, 1.807) is 18.2 Å². The Kier molecular flexibility index (Phi) is 1.46. The van der Waals surface area contributed by atoms with Crippen LogP contribution in [0, 0.1) is 5.82 Å². The zero-order valence-electron chi connectivity index (χ0n) is 5.47. The second kappa shape index (κ2) is 2.34. The van der Waals surface area contributed by atoms with Gasteiger partial charge in [-0.3, -0.25) is 0 Å². The zero-order valence-corrected chi connectivity index (χ0v) is 7.06. The Bertz CT molecular complexity index is 394. The molecule has 1 aromatic carbocycles. The average molecular weight is 215 g/mol. The molecule has 0 spiro atoms. The number of benzene rings is 1. The lowest BCUT2D eigenvalue weighted by Crippen LogP contribution is -1.75. The van der Waals surface area contributed by atoms with Gasteiger partial charge in [0.05, 0.1) is 10.7 Å². The van der Waals surface area contributed by atoms with Gasteiger partial charge in [-0.1, -0.05) is 0 Å². The molecular formula is C8H4BrFO. The smallest absolute Gasteiger partial charge is 0.180 e. The summed E-state index contributed by atoms with van der Waals surface area (Å²) in [5.74, 6) is -0.340. The minimum Gasteiger partial charge on any atom is -0.461 e. The second-order valence-electron chi connectivity index (χ2n) is 2.20. The van der Waals surface area contributed by atoms with E-state index in [1.165, 1.54) is 6.26 Å². The molecule has 0 saturated carbocycles. The Morgan fingerprint density at radius 3 is 2.91 bits per heavy atom. The highest BCUT2D eigenvalue weighted by Crippen LogP contribution is 2.25. The Hall–Kier alpha value is -0.830. The van der Waals surface area contributed by atoms with Crippen molar-refractivity contribution in [2.24, 2.45) is 0 Å². The topological polar surface area (TPSA) is 13.1 Å². The largest absolute Gasteiger partial charge is 0.461 e. The number of halogens is 2. The predicted octanol–water partition coefficient (Wildman–Crippen LogP) is 3.33. The van der Waals surface area contributed by atoms with Crippen molar-refractivity contribution in [1.82, 2.24) is 0 Å². The van der Waals surface area contributed by atoms with E-state index in [0.717, 1.165) is 5.39 Å². The fraction of sp³-hybridized carbons (Fsp3) is 0. The molecular weight excluding hydrogens is 211 g/mol. The molecule has 0 aliphatic carbocycles. The van der Waals surface area contributed by atoms with Crippen LogP contribution in [0.2, 0.25) is 0 Å². The van der Waals surface area contributed by atoms with E-state index < -0.39 is 0 Å². The third kappa shape index (κ3) is 0.959. The fourth-order valence-corrected chi connectivity index (χ4v) is 1.29. The number of fused-ring (bicyclic) bond motifs is 1. The third-order valence-corrected chi connectivity index (χ3v) is 2.13. The van der Waals surface area contributed by atoms with Crippen LogP contribution in [0.3, 0.4) is 0 Å². The van der Waals surface area contributed by atoms with Gasteiger partial charge in [-0.25, -0.2) is 4.39 Å². The van der Waals surface area contributed by atoms with Crippen LogP contribution in [0.5, 0.6) is 0 Å². The van der Waals surface area contributed by atoms with Gasteiger partial charge in [0.2, 0.25) is 0 Å². The maximum absolute atomic E-state index is 13.1. The number of rotatable bonds is 0. The first-order chi connectivity index (χ1) is 5.29. The van der Waals surface area contributed by atoms with E-state index in [-0.39, 0.29) is 5.82 Å². The van der Waals surface area contributed by atoms with Crippen LogP contribution in [0.1, 0.15) is 0 Å². The van der Waals surface area contributed by atoms with Gasteiger partial charge < -0.3 is 4.42 Å². The highest BCUT2D eigenvalue weighted by Gasteiger charge is 2.06. The van der Waals surface area contributed by atoms with Crippen molar-refractivity contribution in [3.8, 4) is 0 Å². The second-order valence-corrected chi connectivity index (χ2v) is 3.05. The maximum atomic E-state index is 13.1. The maximum Gasteiger partial charge on any atom is 0.180 e. The molecule has 0 saturated heterocycles. The minimum absolute atomic E-state index is 0.305. The van der Waals surface area contributed by atoms with E-state index in [0.29, 0.717) is 10.1 Å². The molecule has 2 aromatic rings. The molecule has 0 radical (unpaired) electrons. The molecule has 3 heteroatoms. The van der Waals surface area contributed by atoms with Crippen molar-refractivity contribution >= 4 is 26.9 Å². The standard InChI is InChI=1S/C8H4BrFO/c9-6-2-1-5-3-4-11-8(5)7(6)10/h1-4H. The lowest BCUT2D eigenvalue weighted by Gasteiger charge is -1.92. The summed E-state index contributed by atoms with van der Waals surface area (Å²) in [6.45, 7) is 0. The number of hydrogen-bond donors (Lipinski definition) is 0. The molecule has 1 nitrogen and oxygen atoms in total. The zero-order chi connectivity index (χ0) is 7.84. The van der Waals surface area contributed by atoms with E-state index in [9.17, 15) is 4.39 Å². The number of hydrogen-bond acceptors (Lipinski definition) is 1. The van der Waals surface area contributed by atoms with Crippen LogP contribution in [0.25, 0.3) is 11.0 Å². The van der Waals surface area contributed by atoms with E-state index >= 15 is 0 Å². The molecule has 0 bridgehead atoms. The SMILES string of the molecule is Fc1c(Br)ccc2ccoc12. The first-order valence-corrected chi connectivity index (χ1v) is 3.89. The number of furan rings is 1. The van der Waals surface area contributed by atoms with Crippen LogP contribution >= 0.6 is 15.9 Å². The van der Waals surface area contributed by atoms with Crippen molar-refractivity contribution in [3.05, 3.63) is 34.8 Å². The van der Waals surface area contributed by atoms with Gasteiger partial charge in [-0.2, -0.15) is 0 Å². The van der Waals surface area contributed by atoms with Crippen molar-refractivity contribution in [2.45, 2.75) is 0 Å². The summed E-state index contributed by atoms with van der Waals surface area (Å²) in [7, 11) is 0. The van der Waals surface area contributed by atoms with Gasteiger partial charge in [0.1, 0.15) is 0 Å². The van der Waals surface area contributed by atoms with Crippen LogP contribution in [0.4, 0.5) is 4.39 Å². The monoisotopic (exact) mass is 214 g/mol. The molecule has 0 unspecified atom stereocenters. The van der Waals surface area contributed by atoms with E-state index in [1.807, 2.05) is 0 Å². The molecule has 0 atom stereocenters. The quantitative estimate of drug-likeness (QED) is 0.656. The van der Waals surface area contributed by atoms with Crippen molar-refractivity contribution in [1.29, 1.82) is 0 Å². The lowest BCUT2D eigenvalue weighted by atomic mass is 10.2. The molecule has 1 heterocycles. The van der Waals surface area contributed by atoms with Crippen molar-refractivity contribution in [3.63, 3.8) is 0 Å². The molecule has 2 rings (SSSR count). The molecule has 0 N–H and O–H groups in total. The normalized spacial score (nSPS) is 10.7. The molecule has 0 amide bonds. The molecule has 1 aromatic heterocycles. The average Bonchev–Trinajstić information content (AvgIpc) is 2.45. The fourth-order valence-electron chi connectivity index (χ4n) is 0.973. The summed E-state index contributed by atoms with van der Waals surface area (Å²) in [6, 6.07) is 5.18. The molecule has 0 aliphatic rings. The molecule has 56 valence electrons. The van der Waals surface area contributed by atoms with Crippen LogP contribution in [0.15, 0.2) is 33.4 Å². The first kappa shape index (κ1) is 6.85. The Labute approximate surface area is 70.9 Å². The Balaban J connectivity index is 2.93. The summed E-state index contributed by atoms with van der Waals surface area (Å²) in [5.41, 5.74) is 0.305. The summed E-state index contributed by atoms with van der Waals surface area (Å²) < 4.78 is 18.4. The van der Waals surface area contributed by atoms with E-state index in [2.05, 4.69) is 15.9 Å². The summed E-state index contributed by atoms with van der Waals surface area (Å²) in [5, 5.41) is 0.783. The molecule has 0 aliphatic heterocycles. The predicted molar refractivity (Wildman–Crippen MR) is 43.9 cm³/mol. The van der Waals surface area contributed by atoms with Crippen LogP contribution in [-0.4, -0.2) is 0 Å². The summed E-state index contributed by atoms with van der Waals surface area (Å²) >= 11 is 3.07. The van der Waals surface area contributed by atoms with Gasteiger partial charge in [0.25, 0.3) is 0 Å². The van der Waals surface area contributed by atoms with Gasteiger partial charge in [-0.05, 0) is 34.1 Å². The molecule has 11 heavy (non-hydrogen) atoms. The van der Waals surface area contributed by atoms with Crippen molar-refractivity contribution < 1.29 is 8.81 Å². The highest BCUT2D eigenvalue weighted by atomic mass is 79.9. The van der Waals surface area contributed by atoms with Crippen molar-refractivity contribution in [2.75, 3.05) is 0 Å². The van der Waals surface area contributed by atoms with Gasteiger partial charge in [0, 0.05) is 5.39 Å². The molecule has 0 fully saturated rings. The Morgan fingerprint density at radius 1 is 1.27 bits per heavy atom. The highest BCUT2D eigenvalue weighted by molar-refractivity contribution is 9.10. The summed E-state index contributed by atoms with van der Waals surface area (Å²) in [4.78, 5) is 0. The van der Waals surface area contributed by atoms with Crippen LogP contribution < -0.4 is 0 Å². The minimum atomic E-state index is -0.340. The van der Waals surface area contributed by atoms with Gasteiger partial charge >= 0.3 is 0 Å². The Morgan fingerprint density at radius 2 is 2.09 bits per heavy atom. The van der Waals surface area contributed by atoms with Crippen LogP contribution in [-0.2, 0) is 0 Å². The third-order valence-electron chi connectivity index (χ3n) is 1.51. The van der Waals surface area contributed by atoms with E-state index in [4.69, 9.17) is 4.42 Å². The van der Waals surface area contributed by atoms with Gasteiger partial charge in [0.15, 0.2) is 11.4 Å². The summed E-state index contributed by atoms with van der Waals surface area (Å²) in [6.07, 6.45) is 1.47.